The molecule has 0 saturated carbocycles. The second kappa shape index (κ2) is 9.09. The summed E-state index contributed by atoms with van der Waals surface area (Å²) in [4.78, 5) is 13.7. The number of benzene rings is 3. The highest BCUT2D eigenvalue weighted by molar-refractivity contribution is 7.93. The molecule has 1 N–H and O–H groups in total. The summed E-state index contributed by atoms with van der Waals surface area (Å²) in [5, 5.41) is 11.2. The number of hydrogen-bond acceptors (Lipinski definition) is 4. The van der Waals surface area contributed by atoms with Gasteiger partial charge < -0.3 is 5.11 Å². The maximum atomic E-state index is 14.7. The van der Waals surface area contributed by atoms with Crippen molar-refractivity contribution >= 4 is 21.6 Å². The van der Waals surface area contributed by atoms with Crippen LogP contribution in [0.1, 0.15) is 75.3 Å². The maximum Gasteiger partial charge on any atom is 0.271 e. The summed E-state index contributed by atoms with van der Waals surface area (Å²) in [5.74, 6) is -1.98. The van der Waals surface area contributed by atoms with Crippen LogP contribution >= 0.6 is 0 Å². The van der Waals surface area contributed by atoms with Gasteiger partial charge in [0, 0.05) is 11.5 Å². The summed E-state index contributed by atoms with van der Waals surface area (Å²) in [5.41, 5.74) is 2.38. The lowest BCUT2D eigenvalue weighted by molar-refractivity contribution is -0.114. The fourth-order valence-electron chi connectivity index (χ4n) is 4.89. The number of fused-ring (bicyclic) bond motifs is 1. The van der Waals surface area contributed by atoms with E-state index in [9.17, 15) is 22.7 Å². The molecule has 4 rings (SSSR count). The Hall–Kier alpha value is -3.45. The van der Waals surface area contributed by atoms with Crippen LogP contribution in [0.15, 0.2) is 71.6 Å². The number of halogens is 1. The Morgan fingerprint density at radius 1 is 0.895 bits per heavy atom. The molecule has 5 nitrogen and oxygen atoms in total. The lowest BCUT2D eigenvalue weighted by Gasteiger charge is -2.36. The van der Waals surface area contributed by atoms with Gasteiger partial charge in [0.2, 0.25) is 0 Å². The Morgan fingerprint density at radius 3 is 1.92 bits per heavy atom. The summed E-state index contributed by atoms with van der Waals surface area (Å²) in [6.45, 7) is 17.7. The van der Waals surface area contributed by atoms with Gasteiger partial charge in [0.05, 0.1) is 10.6 Å². The van der Waals surface area contributed by atoms with Crippen LogP contribution in [0.25, 0.3) is 0 Å². The molecule has 200 valence electrons. The number of sulfonamides is 1. The molecule has 3 aromatic carbocycles. The van der Waals surface area contributed by atoms with Crippen LogP contribution in [-0.2, 0) is 25.6 Å². The molecule has 0 radical (unpaired) electrons. The van der Waals surface area contributed by atoms with Crippen molar-refractivity contribution in [2.75, 3.05) is 4.31 Å². The van der Waals surface area contributed by atoms with Crippen LogP contribution in [0, 0.1) is 12.7 Å². The molecule has 1 heterocycles. The minimum Gasteiger partial charge on any atom is -0.507 e. The number of aromatic hydroxyl groups is 1. The smallest absolute Gasteiger partial charge is 0.271 e. The zero-order valence-electron chi connectivity index (χ0n) is 22.9. The molecule has 0 saturated heterocycles. The number of rotatable bonds is 3. The van der Waals surface area contributed by atoms with E-state index in [4.69, 9.17) is 0 Å². The molecule has 3 aromatic rings. The third-order valence-corrected chi connectivity index (χ3v) is 8.68. The van der Waals surface area contributed by atoms with Crippen molar-refractivity contribution in [3.8, 4) is 5.75 Å². The van der Waals surface area contributed by atoms with Gasteiger partial charge in [0.15, 0.2) is 0 Å². The van der Waals surface area contributed by atoms with E-state index >= 15 is 0 Å². The molecule has 0 spiro atoms. The van der Waals surface area contributed by atoms with E-state index in [2.05, 4.69) is 6.58 Å². The van der Waals surface area contributed by atoms with Gasteiger partial charge in [-0.25, -0.2) is 12.8 Å². The van der Waals surface area contributed by atoms with E-state index in [1.165, 1.54) is 24.3 Å². The van der Waals surface area contributed by atoms with Gasteiger partial charge >= 0.3 is 0 Å². The molecule has 0 unspecified atom stereocenters. The second-order valence-corrected chi connectivity index (χ2v) is 13.8. The lowest BCUT2D eigenvalue weighted by Crippen LogP contribution is -2.43. The number of amides is 1. The highest BCUT2D eigenvalue weighted by atomic mass is 32.2. The Bertz CT molecular complexity index is 1520. The molecule has 1 atom stereocenters. The fourth-order valence-corrected chi connectivity index (χ4v) is 6.35. The third kappa shape index (κ3) is 4.64. The van der Waals surface area contributed by atoms with Crippen molar-refractivity contribution in [3.63, 3.8) is 0 Å². The van der Waals surface area contributed by atoms with Crippen molar-refractivity contribution < 1.29 is 22.7 Å². The predicted octanol–water partition coefficient (Wildman–Crippen LogP) is 6.86. The zero-order chi connectivity index (χ0) is 28.4. The molecule has 38 heavy (non-hydrogen) atoms. The largest absolute Gasteiger partial charge is 0.507 e. The van der Waals surface area contributed by atoms with Crippen LogP contribution in [0.3, 0.4) is 0 Å². The number of anilines is 1. The summed E-state index contributed by atoms with van der Waals surface area (Å²) < 4.78 is 42.8. The average Bonchev–Trinajstić information content (AvgIpc) is 2.79. The quantitative estimate of drug-likeness (QED) is 0.372. The molecule has 0 aliphatic carbocycles. The predicted molar refractivity (Wildman–Crippen MR) is 149 cm³/mol. The fraction of sp³-hybridized carbons (Fsp3) is 0.323. The Labute approximate surface area is 224 Å². The number of hydrogen-bond donors (Lipinski definition) is 1. The van der Waals surface area contributed by atoms with Crippen LogP contribution in [-0.4, -0.2) is 19.4 Å². The SMILES string of the molecule is C=C1C(=O)N(S(=O)(=O)c2ccc(C)cc2)c2ccc(F)cc2[C@@H]1c1cc(C(C)(C)C)c(O)c(C(C)(C)C)c1. The minimum atomic E-state index is -4.30. The number of carbonyl (C=O) groups excluding carboxylic acids is 1. The van der Waals surface area contributed by atoms with Crippen molar-refractivity contribution in [1.82, 2.24) is 0 Å². The second-order valence-electron chi connectivity index (χ2n) is 12.0. The maximum absolute atomic E-state index is 14.7. The normalized spacial score (nSPS) is 16.5. The van der Waals surface area contributed by atoms with Gasteiger partial charge in [-0.05, 0) is 70.3 Å². The van der Waals surface area contributed by atoms with Crippen molar-refractivity contribution in [1.29, 1.82) is 0 Å². The van der Waals surface area contributed by atoms with E-state index in [0.717, 1.165) is 15.9 Å². The van der Waals surface area contributed by atoms with Crippen molar-refractivity contribution in [3.05, 3.63) is 100 Å². The molecular formula is C31H34FNO4S. The first-order valence-electron chi connectivity index (χ1n) is 12.5. The summed E-state index contributed by atoms with van der Waals surface area (Å²) in [6.07, 6.45) is 0. The van der Waals surface area contributed by atoms with Crippen LogP contribution in [0.2, 0.25) is 0 Å². The first kappa shape index (κ1) is 27.6. The minimum absolute atomic E-state index is 0.00388. The number of phenols is 1. The van der Waals surface area contributed by atoms with Gasteiger partial charge in [0.1, 0.15) is 11.6 Å². The van der Waals surface area contributed by atoms with Gasteiger partial charge in [0.25, 0.3) is 15.9 Å². The molecule has 1 amide bonds. The molecule has 7 heteroatoms. The van der Waals surface area contributed by atoms with Gasteiger partial charge in [-0.1, -0.05) is 78.0 Å². The van der Waals surface area contributed by atoms with E-state index in [-0.39, 0.29) is 21.9 Å². The first-order valence-corrected chi connectivity index (χ1v) is 13.9. The first-order chi connectivity index (χ1) is 17.4. The van der Waals surface area contributed by atoms with Crippen LogP contribution in [0.5, 0.6) is 5.75 Å². The summed E-state index contributed by atoms with van der Waals surface area (Å²) in [7, 11) is -4.30. The third-order valence-electron chi connectivity index (χ3n) is 6.97. The standard InChI is InChI=1S/C31H34FNO4S/c1-18-9-12-22(13-10-18)38(36,37)33-26-14-11-21(32)17-23(26)27(19(2)29(33)35)20-15-24(30(3,4)5)28(34)25(16-20)31(6,7)8/h9-17,27,34H,2H2,1,3-8H3/t27-/m0/s1. The molecule has 0 aromatic heterocycles. The Balaban J connectivity index is 2.01. The number of carbonyl (C=O) groups is 1. The highest BCUT2D eigenvalue weighted by Gasteiger charge is 2.43. The van der Waals surface area contributed by atoms with Crippen LogP contribution < -0.4 is 4.31 Å². The Morgan fingerprint density at radius 2 is 1.42 bits per heavy atom. The summed E-state index contributed by atoms with van der Waals surface area (Å²) in [6, 6.07) is 13.6. The summed E-state index contributed by atoms with van der Waals surface area (Å²) >= 11 is 0. The lowest BCUT2D eigenvalue weighted by atomic mass is 9.74. The van der Waals surface area contributed by atoms with Gasteiger partial charge in [-0.2, -0.15) is 4.31 Å². The zero-order valence-corrected chi connectivity index (χ0v) is 23.7. The number of aryl methyl sites for hydroxylation is 1. The number of phenolic OH excluding ortho intramolecular Hbond substituents is 1. The topological polar surface area (TPSA) is 74.7 Å². The van der Waals surface area contributed by atoms with E-state index in [0.29, 0.717) is 22.3 Å². The average molecular weight is 536 g/mol. The monoisotopic (exact) mass is 535 g/mol. The van der Waals surface area contributed by atoms with Crippen molar-refractivity contribution in [2.45, 2.75) is 70.1 Å². The van der Waals surface area contributed by atoms with Gasteiger partial charge in [-0.3, -0.25) is 4.79 Å². The van der Waals surface area contributed by atoms with E-state index in [1.807, 2.05) is 60.6 Å². The van der Waals surface area contributed by atoms with Crippen LogP contribution in [0.4, 0.5) is 10.1 Å². The van der Waals surface area contributed by atoms with Gasteiger partial charge in [-0.15, -0.1) is 0 Å². The van der Waals surface area contributed by atoms with Crippen molar-refractivity contribution in [2.24, 2.45) is 0 Å². The number of nitrogens with zero attached hydrogens (tertiary/aromatic N) is 1. The van der Waals surface area contributed by atoms with E-state index < -0.39 is 38.5 Å². The molecule has 1 aliphatic heterocycles. The molecule has 1 aliphatic rings. The molecule has 0 fully saturated rings. The van der Waals surface area contributed by atoms with E-state index in [1.54, 1.807) is 12.1 Å². The highest BCUT2D eigenvalue weighted by Crippen LogP contribution is 2.48. The molecular weight excluding hydrogens is 501 g/mol. The Kier molecular flexibility index (Phi) is 6.59. The molecule has 0 bridgehead atoms.